The van der Waals surface area contributed by atoms with Crippen LogP contribution in [0.5, 0.6) is 11.5 Å². The standard InChI is InChI=1S/C25H27ClN4O4/c1-32-20-7-8-22(33-2)21(15-20)27-23(31)9-10-24-28-25(29-34-24)18-11-13-30(14-12-18)16-17-3-5-19(26)6-4-17/h3-8,11,15H,9-10,12-14,16H2,1-2H3,(H,27,31). The third kappa shape index (κ3) is 6.15. The van der Waals surface area contributed by atoms with E-state index in [1.54, 1.807) is 32.4 Å². The summed E-state index contributed by atoms with van der Waals surface area (Å²) < 4.78 is 15.9. The third-order valence-electron chi connectivity index (χ3n) is 5.61. The van der Waals surface area contributed by atoms with Gasteiger partial charge >= 0.3 is 0 Å². The molecule has 0 spiro atoms. The van der Waals surface area contributed by atoms with Gasteiger partial charge in [0.05, 0.1) is 19.9 Å². The first-order valence-electron chi connectivity index (χ1n) is 11.0. The number of nitrogens with one attached hydrogen (secondary N) is 1. The number of benzene rings is 2. The van der Waals surface area contributed by atoms with E-state index in [1.807, 2.05) is 24.3 Å². The lowest BCUT2D eigenvalue weighted by Crippen LogP contribution is -2.28. The van der Waals surface area contributed by atoms with E-state index in [9.17, 15) is 4.79 Å². The van der Waals surface area contributed by atoms with Crippen LogP contribution in [0.2, 0.25) is 5.02 Å². The summed E-state index contributed by atoms with van der Waals surface area (Å²) in [4.78, 5) is 19.3. The molecule has 2 heterocycles. The maximum absolute atomic E-state index is 12.4. The molecule has 9 heteroatoms. The number of methoxy groups -OCH3 is 2. The van der Waals surface area contributed by atoms with Gasteiger partial charge in [-0.3, -0.25) is 9.69 Å². The molecule has 0 radical (unpaired) electrons. The maximum Gasteiger partial charge on any atom is 0.227 e. The minimum atomic E-state index is -0.180. The fraction of sp³-hybridized carbons (Fsp3) is 0.320. The van der Waals surface area contributed by atoms with Crippen molar-refractivity contribution < 1.29 is 18.8 Å². The smallest absolute Gasteiger partial charge is 0.227 e. The van der Waals surface area contributed by atoms with Gasteiger partial charge in [-0.25, -0.2) is 0 Å². The first kappa shape index (κ1) is 23.8. The number of nitrogens with zero attached hydrogens (tertiary/aromatic N) is 3. The molecule has 178 valence electrons. The summed E-state index contributed by atoms with van der Waals surface area (Å²) in [6.45, 7) is 2.58. The Morgan fingerprint density at radius 1 is 1.18 bits per heavy atom. The lowest BCUT2D eigenvalue weighted by molar-refractivity contribution is -0.116. The summed E-state index contributed by atoms with van der Waals surface area (Å²) in [5.41, 5.74) is 2.84. The Morgan fingerprint density at radius 2 is 2.00 bits per heavy atom. The highest BCUT2D eigenvalue weighted by molar-refractivity contribution is 6.30. The number of ether oxygens (including phenoxy) is 2. The highest BCUT2D eigenvalue weighted by atomic mass is 35.5. The van der Waals surface area contributed by atoms with E-state index >= 15 is 0 Å². The number of amides is 1. The third-order valence-corrected chi connectivity index (χ3v) is 5.87. The van der Waals surface area contributed by atoms with Crippen molar-refractivity contribution in [3.05, 3.63) is 70.8 Å². The monoisotopic (exact) mass is 482 g/mol. The van der Waals surface area contributed by atoms with Crippen LogP contribution in [0.25, 0.3) is 5.57 Å². The molecule has 1 N–H and O–H groups in total. The zero-order valence-corrected chi connectivity index (χ0v) is 20.0. The molecule has 2 aromatic carbocycles. The SMILES string of the molecule is COc1ccc(OC)c(NC(=O)CCc2nc(C3=CCN(Cc4ccc(Cl)cc4)CC3)no2)c1. The van der Waals surface area contributed by atoms with E-state index in [0.29, 0.717) is 35.3 Å². The van der Waals surface area contributed by atoms with Crippen molar-refractivity contribution in [1.82, 2.24) is 15.0 Å². The van der Waals surface area contributed by atoms with Gasteiger partial charge in [-0.1, -0.05) is 35.0 Å². The number of carbonyl (C=O) groups excluding carboxylic acids is 1. The summed E-state index contributed by atoms with van der Waals surface area (Å²) in [5.74, 6) is 2.04. The average Bonchev–Trinajstić information content (AvgIpc) is 3.34. The Labute approximate surface area is 203 Å². The number of anilines is 1. The largest absolute Gasteiger partial charge is 0.497 e. The van der Waals surface area contributed by atoms with E-state index in [-0.39, 0.29) is 12.3 Å². The second-order valence-corrected chi connectivity index (χ2v) is 8.40. The number of carbonyl (C=O) groups is 1. The van der Waals surface area contributed by atoms with Crippen LogP contribution in [0.1, 0.15) is 30.1 Å². The van der Waals surface area contributed by atoms with Crippen LogP contribution in [0.3, 0.4) is 0 Å². The average molecular weight is 483 g/mol. The second-order valence-electron chi connectivity index (χ2n) is 7.97. The van der Waals surface area contributed by atoms with Gasteiger partial charge in [-0.15, -0.1) is 0 Å². The summed E-state index contributed by atoms with van der Waals surface area (Å²) in [6.07, 6.45) is 3.52. The molecule has 4 rings (SSSR count). The van der Waals surface area contributed by atoms with Gasteiger partial charge in [0.25, 0.3) is 0 Å². The van der Waals surface area contributed by atoms with Crippen LogP contribution in [-0.2, 0) is 17.8 Å². The zero-order valence-electron chi connectivity index (χ0n) is 19.2. The first-order chi connectivity index (χ1) is 16.5. The number of rotatable bonds is 9. The molecule has 1 amide bonds. The molecule has 1 aliphatic heterocycles. The molecule has 1 aliphatic rings. The topological polar surface area (TPSA) is 89.7 Å². The molecule has 3 aromatic rings. The maximum atomic E-state index is 12.4. The summed E-state index contributed by atoms with van der Waals surface area (Å²) in [6, 6.07) is 13.2. The molecular weight excluding hydrogens is 456 g/mol. The molecule has 0 saturated carbocycles. The summed E-state index contributed by atoms with van der Waals surface area (Å²) >= 11 is 5.97. The van der Waals surface area contributed by atoms with Gasteiger partial charge in [0, 0.05) is 43.6 Å². The predicted octanol–water partition coefficient (Wildman–Crippen LogP) is 4.60. The van der Waals surface area contributed by atoms with Gasteiger partial charge in [-0.05, 0) is 41.8 Å². The van der Waals surface area contributed by atoms with Gasteiger partial charge in [0.15, 0.2) is 5.82 Å². The van der Waals surface area contributed by atoms with Crippen molar-refractivity contribution >= 4 is 28.8 Å². The summed E-state index contributed by atoms with van der Waals surface area (Å²) in [5, 5.41) is 7.71. The molecule has 8 nitrogen and oxygen atoms in total. The second kappa shape index (κ2) is 11.2. The van der Waals surface area contributed by atoms with Crippen molar-refractivity contribution in [3.63, 3.8) is 0 Å². The normalized spacial score (nSPS) is 13.9. The Kier molecular flexibility index (Phi) is 7.82. The van der Waals surface area contributed by atoms with E-state index in [0.717, 1.165) is 36.7 Å². The number of aryl methyl sites for hydroxylation is 1. The van der Waals surface area contributed by atoms with Crippen LogP contribution >= 0.6 is 11.6 Å². The number of hydrogen-bond acceptors (Lipinski definition) is 7. The Hall–Kier alpha value is -3.36. The highest BCUT2D eigenvalue weighted by Gasteiger charge is 2.18. The van der Waals surface area contributed by atoms with Gasteiger partial charge in [-0.2, -0.15) is 4.98 Å². The molecule has 0 unspecified atom stereocenters. The molecule has 0 bridgehead atoms. The van der Waals surface area contributed by atoms with Crippen LogP contribution < -0.4 is 14.8 Å². The molecule has 0 saturated heterocycles. The summed E-state index contributed by atoms with van der Waals surface area (Å²) in [7, 11) is 3.12. The van der Waals surface area contributed by atoms with Gasteiger partial charge in [0.2, 0.25) is 11.8 Å². The Bertz CT molecular complexity index is 1160. The van der Waals surface area contributed by atoms with Crippen LogP contribution in [0.15, 0.2) is 53.1 Å². The van der Waals surface area contributed by atoms with Crippen molar-refractivity contribution in [2.24, 2.45) is 0 Å². The van der Waals surface area contributed by atoms with E-state index in [1.165, 1.54) is 5.56 Å². The fourth-order valence-electron chi connectivity index (χ4n) is 3.74. The van der Waals surface area contributed by atoms with Crippen molar-refractivity contribution in [1.29, 1.82) is 0 Å². The predicted molar refractivity (Wildman–Crippen MR) is 130 cm³/mol. The Morgan fingerprint density at radius 3 is 2.71 bits per heavy atom. The fourth-order valence-corrected chi connectivity index (χ4v) is 3.86. The van der Waals surface area contributed by atoms with E-state index in [2.05, 4.69) is 26.4 Å². The molecule has 0 aliphatic carbocycles. The highest BCUT2D eigenvalue weighted by Crippen LogP contribution is 2.29. The van der Waals surface area contributed by atoms with E-state index < -0.39 is 0 Å². The minimum Gasteiger partial charge on any atom is -0.497 e. The number of aromatic nitrogens is 2. The van der Waals surface area contributed by atoms with Gasteiger partial charge < -0.3 is 19.3 Å². The lowest BCUT2D eigenvalue weighted by Gasteiger charge is -2.25. The first-order valence-corrected chi connectivity index (χ1v) is 11.4. The minimum absolute atomic E-state index is 0.180. The van der Waals surface area contributed by atoms with Crippen LogP contribution in [0.4, 0.5) is 5.69 Å². The van der Waals surface area contributed by atoms with E-state index in [4.69, 9.17) is 25.6 Å². The number of hydrogen-bond donors (Lipinski definition) is 1. The molecule has 0 fully saturated rings. The van der Waals surface area contributed by atoms with Crippen molar-refractivity contribution in [3.8, 4) is 11.5 Å². The molecular formula is C25H27ClN4O4. The molecule has 34 heavy (non-hydrogen) atoms. The van der Waals surface area contributed by atoms with Crippen molar-refractivity contribution in [2.75, 3.05) is 32.6 Å². The number of halogens is 1. The Balaban J connectivity index is 1.29. The quantitative estimate of drug-likeness (QED) is 0.476. The van der Waals surface area contributed by atoms with Crippen molar-refractivity contribution in [2.45, 2.75) is 25.8 Å². The van der Waals surface area contributed by atoms with Crippen LogP contribution in [0, 0.1) is 0 Å². The lowest BCUT2D eigenvalue weighted by atomic mass is 10.1. The van der Waals surface area contributed by atoms with Gasteiger partial charge in [0.1, 0.15) is 11.5 Å². The van der Waals surface area contributed by atoms with Crippen LogP contribution in [-0.4, -0.2) is 48.3 Å². The molecule has 0 atom stereocenters. The zero-order chi connectivity index (χ0) is 23.9. The molecule has 1 aromatic heterocycles.